The number of hydrogen-bond acceptors (Lipinski definition) is 2. The molecular weight excluding hydrogens is 276 g/mol. The lowest BCUT2D eigenvalue weighted by molar-refractivity contribution is 0.177. The molecule has 0 saturated carbocycles. The highest BCUT2D eigenvalue weighted by molar-refractivity contribution is 9.10. The molecule has 0 aliphatic carbocycles. The summed E-state index contributed by atoms with van der Waals surface area (Å²) < 4.78 is 1.15. The zero-order valence-electron chi connectivity index (χ0n) is 10.6. The molecule has 3 heteroatoms. The molecule has 0 bridgehead atoms. The molecule has 94 valence electrons. The fraction of sp³-hybridized carbons (Fsp3) is 0.571. The second kappa shape index (κ2) is 5.98. The van der Waals surface area contributed by atoms with Crippen molar-refractivity contribution in [1.29, 1.82) is 0 Å². The molecule has 1 aliphatic rings. The van der Waals surface area contributed by atoms with E-state index in [0.717, 1.165) is 10.4 Å². The standard InChI is InChI=1S/C14H21BrN2/c1-16-14(11-5-7-13(15)8-6-11)12-4-3-9-17(2)10-12/h5-8,12,14,16H,3-4,9-10H2,1-2H3. The minimum atomic E-state index is 0.478. The topological polar surface area (TPSA) is 15.3 Å². The van der Waals surface area contributed by atoms with Crippen LogP contribution in [0.1, 0.15) is 24.4 Å². The van der Waals surface area contributed by atoms with Crippen molar-refractivity contribution in [3.05, 3.63) is 34.3 Å². The van der Waals surface area contributed by atoms with Gasteiger partial charge in [-0.25, -0.2) is 0 Å². The lowest BCUT2D eigenvalue weighted by atomic mass is 9.87. The van der Waals surface area contributed by atoms with E-state index in [0.29, 0.717) is 6.04 Å². The maximum Gasteiger partial charge on any atom is 0.0358 e. The molecule has 0 radical (unpaired) electrons. The quantitative estimate of drug-likeness (QED) is 0.922. The SMILES string of the molecule is CNC(c1ccc(Br)cc1)C1CCCN(C)C1. The fourth-order valence-electron chi connectivity index (χ4n) is 2.82. The molecule has 2 unspecified atom stereocenters. The van der Waals surface area contributed by atoms with Crippen molar-refractivity contribution in [2.45, 2.75) is 18.9 Å². The van der Waals surface area contributed by atoms with Gasteiger partial charge in [0.1, 0.15) is 0 Å². The molecular formula is C14H21BrN2. The Morgan fingerprint density at radius 2 is 2.06 bits per heavy atom. The molecule has 0 aromatic heterocycles. The first kappa shape index (κ1) is 13.1. The number of nitrogens with one attached hydrogen (secondary N) is 1. The monoisotopic (exact) mass is 296 g/mol. The molecule has 2 nitrogen and oxygen atoms in total. The van der Waals surface area contributed by atoms with Crippen LogP contribution in [0.3, 0.4) is 0 Å². The lowest BCUT2D eigenvalue weighted by Gasteiger charge is -2.35. The number of nitrogens with zero attached hydrogens (tertiary/aromatic N) is 1. The molecule has 1 saturated heterocycles. The summed E-state index contributed by atoms with van der Waals surface area (Å²) in [5.41, 5.74) is 1.40. The van der Waals surface area contributed by atoms with Crippen LogP contribution in [-0.4, -0.2) is 32.1 Å². The summed E-state index contributed by atoms with van der Waals surface area (Å²) in [6.07, 6.45) is 2.64. The van der Waals surface area contributed by atoms with Gasteiger partial charge in [0.15, 0.2) is 0 Å². The van der Waals surface area contributed by atoms with Gasteiger partial charge in [0.2, 0.25) is 0 Å². The van der Waals surface area contributed by atoms with Crippen LogP contribution in [-0.2, 0) is 0 Å². The van der Waals surface area contributed by atoms with Crippen molar-refractivity contribution >= 4 is 15.9 Å². The summed E-state index contributed by atoms with van der Waals surface area (Å²) in [6, 6.07) is 9.18. The molecule has 1 aromatic rings. The van der Waals surface area contributed by atoms with Crippen LogP contribution in [0.4, 0.5) is 0 Å². The van der Waals surface area contributed by atoms with Gasteiger partial charge >= 0.3 is 0 Å². The third kappa shape index (κ3) is 3.30. The van der Waals surface area contributed by atoms with E-state index in [9.17, 15) is 0 Å². The Bertz CT molecular complexity index is 350. The van der Waals surface area contributed by atoms with Crippen molar-refractivity contribution in [2.75, 3.05) is 27.2 Å². The van der Waals surface area contributed by atoms with E-state index in [2.05, 4.69) is 64.5 Å². The summed E-state index contributed by atoms with van der Waals surface area (Å²) in [5.74, 6) is 0.722. The minimum Gasteiger partial charge on any atom is -0.313 e. The zero-order chi connectivity index (χ0) is 12.3. The molecule has 0 amide bonds. The maximum atomic E-state index is 3.49. The van der Waals surface area contributed by atoms with Crippen LogP contribution in [0.2, 0.25) is 0 Å². The molecule has 1 aromatic carbocycles. The van der Waals surface area contributed by atoms with Crippen LogP contribution in [0.15, 0.2) is 28.7 Å². The van der Waals surface area contributed by atoms with Crippen LogP contribution in [0.5, 0.6) is 0 Å². The van der Waals surface area contributed by atoms with Crippen molar-refractivity contribution in [2.24, 2.45) is 5.92 Å². The van der Waals surface area contributed by atoms with Gasteiger partial charge < -0.3 is 10.2 Å². The van der Waals surface area contributed by atoms with Gasteiger partial charge in [0.05, 0.1) is 0 Å². The Kier molecular flexibility index (Phi) is 4.60. The number of likely N-dealkylation sites (tertiary alicyclic amines) is 1. The van der Waals surface area contributed by atoms with Gasteiger partial charge in [-0.05, 0) is 57.1 Å². The lowest BCUT2D eigenvalue weighted by Crippen LogP contribution is -2.38. The molecule has 2 atom stereocenters. The summed E-state index contributed by atoms with van der Waals surface area (Å²) in [5, 5.41) is 3.49. The summed E-state index contributed by atoms with van der Waals surface area (Å²) in [4.78, 5) is 2.44. The average Bonchev–Trinajstić information content (AvgIpc) is 2.33. The van der Waals surface area contributed by atoms with Crippen LogP contribution in [0, 0.1) is 5.92 Å². The molecule has 1 fully saturated rings. The van der Waals surface area contributed by atoms with Crippen molar-refractivity contribution in [3.63, 3.8) is 0 Å². The number of hydrogen-bond donors (Lipinski definition) is 1. The van der Waals surface area contributed by atoms with Crippen LogP contribution in [0.25, 0.3) is 0 Å². The highest BCUT2D eigenvalue weighted by atomic mass is 79.9. The molecule has 2 rings (SSSR count). The summed E-state index contributed by atoms with van der Waals surface area (Å²) in [7, 11) is 4.29. The first-order chi connectivity index (χ1) is 8.20. The smallest absolute Gasteiger partial charge is 0.0358 e. The van der Waals surface area contributed by atoms with E-state index in [1.165, 1.54) is 31.5 Å². The molecule has 1 aliphatic heterocycles. The third-order valence-corrected chi connectivity index (χ3v) is 4.20. The van der Waals surface area contributed by atoms with Gasteiger partial charge in [-0.3, -0.25) is 0 Å². The van der Waals surface area contributed by atoms with Crippen molar-refractivity contribution in [3.8, 4) is 0 Å². The predicted molar refractivity (Wildman–Crippen MR) is 76.2 cm³/mol. The first-order valence-corrected chi connectivity index (χ1v) is 7.11. The van der Waals surface area contributed by atoms with E-state index in [4.69, 9.17) is 0 Å². The number of piperidine rings is 1. The van der Waals surface area contributed by atoms with E-state index in [-0.39, 0.29) is 0 Å². The zero-order valence-corrected chi connectivity index (χ0v) is 12.2. The minimum absolute atomic E-state index is 0.478. The summed E-state index contributed by atoms with van der Waals surface area (Å²) in [6.45, 7) is 2.44. The highest BCUT2D eigenvalue weighted by Crippen LogP contribution is 2.29. The second-order valence-corrected chi connectivity index (χ2v) is 5.90. The van der Waals surface area contributed by atoms with E-state index < -0.39 is 0 Å². The van der Waals surface area contributed by atoms with Gasteiger partial charge in [-0.1, -0.05) is 28.1 Å². The van der Waals surface area contributed by atoms with Gasteiger partial charge in [0.25, 0.3) is 0 Å². The Hall–Kier alpha value is -0.380. The molecule has 1 heterocycles. The number of halogens is 1. The fourth-order valence-corrected chi connectivity index (χ4v) is 3.09. The van der Waals surface area contributed by atoms with Crippen LogP contribution >= 0.6 is 15.9 Å². The first-order valence-electron chi connectivity index (χ1n) is 6.32. The maximum absolute atomic E-state index is 3.49. The third-order valence-electron chi connectivity index (χ3n) is 3.67. The second-order valence-electron chi connectivity index (χ2n) is 4.98. The van der Waals surface area contributed by atoms with Crippen molar-refractivity contribution < 1.29 is 0 Å². The van der Waals surface area contributed by atoms with Crippen LogP contribution < -0.4 is 5.32 Å². The highest BCUT2D eigenvalue weighted by Gasteiger charge is 2.25. The number of benzene rings is 1. The summed E-state index contributed by atoms with van der Waals surface area (Å²) >= 11 is 3.49. The van der Waals surface area contributed by atoms with Gasteiger partial charge in [0, 0.05) is 17.1 Å². The Balaban J connectivity index is 2.12. The van der Waals surface area contributed by atoms with E-state index >= 15 is 0 Å². The van der Waals surface area contributed by atoms with Gasteiger partial charge in [-0.15, -0.1) is 0 Å². The van der Waals surface area contributed by atoms with E-state index in [1.807, 2.05) is 0 Å². The Labute approximate surface area is 113 Å². The Morgan fingerprint density at radius 1 is 1.35 bits per heavy atom. The van der Waals surface area contributed by atoms with Gasteiger partial charge in [-0.2, -0.15) is 0 Å². The predicted octanol–water partition coefficient (Wildman–Crippen LogP) is 3.05. The molecule has 17 heavy (non-hydrogen) atoms. The molecule has 1 N–H and O–H groups in total. The Morgan fingerprint density at radius 3 is 2.65 bits per heavy atom. The normalized spacial score (nSPS) is 23.6. The van der Waals surface area contributed by atoms with E-state index in [1.54, 1.807) is 0 Å². The molecule has 0 spiro atoms. The largest absolute Gasteiger partial charge is 0.313 e. The average molecular weight is 297 g/mol. The number of rotatable bonds is 3. The van der Waals surface area contributed by atoms with Crippen molar-refractivity contribution in [1.82, 2.24) is 10.2 Å².